The number of aryl methyl sites for hydroxylation is 2. The molecule has 1 atom stereocenters. The van der Waals surface area contributed by atoms with Gasteiger partial charge in [0.1, 0.15) is 4.88 Å². The van der Waals surface area contributed by atoms with Crippen molar-refractivity contribution in [1.29, 1.82) is 0 Å². The van der Waals surface area contributed by atoms with Crippen LogP contribution in [-0.2, 0) is 13.6 Å². The molecule has 1 aliphatic heterocycles. The zero-order chi connectivity index (χ0) is 20.1. The van der Waals surface area contributed by atoms with Crippen molar-refractivity contribution >= 4 is 28.4 Å². The highest BCUT2D eigenvalue weighted by molar-refractivity contribution is 7.17. The Kier molecular flexibility index (Phi) is 4.56. The van der Waals surface area contributed by atoms with Crippen molar-refractivity contribution in [1.82, 2.24) is 25.0 Å². The summed E-state index contributed by atoms with van der Waals surface area (Å²) in [4.78, 5) is 32.7. The van der Waals surface area contributed by atoms with E-state index >= 15 is 0 Å². The molecule has 2 aromatic rings. The van der Waals surface area contributed by atoms with Gasteiger partial charge in [0.05, 0.1) is 11.9 Å². The van der Waals surface area contributed by atoms with E-state index in [1.807, 2.05) is 6.20 Å². The van der Waals surface area contributed by atoms with E-state index in [4.69, 9.17) is 0 Å². The van der Waals surface area contributed by atoms with Crippen LogP contribution in [0.25, 0.3) is 0 Å². The lowest BCUT2D eigenvalue weighted by molar-refractivity contribution is 0.0922. The fourth-order valence-corrected chi connectivity index (χ4v) is 4.20. The van der Waals surface area contributed by atoms with Gasteiger partial charge in [-0.05, 0) is 6.92 Å². The molecule has 3 heterocycles. The molecule has 1 N–H and O–H groups in total. The van der Waals surface area contributed by atoms with Crippen LogP contribution >= 0.6 is 11.3 Å². The third kappa shape index (κ3) is 3.58. The predicted molar refractivity (Wildman–Crippen MR) is 98.6 cm³/mol. The second kappa shape index (κ2) is 6.80. The van der Waals surface area contributed by atoms with Crippen molar-refractivity contribution in [3.05, 3.63) is 28.5 Å². The summed E-state index contributed by atoms with van der Waals surface area (Å²) in [5, 5.41) is 7.28. The number of amides is 3. The van der Waals surface area contributed by atoms with Crippen LogP contribution in [0, 0.1) is 12.8 Å². The number of aromatic nitrogens is 3. The third-order valence-corrected chi connectivity index (χ3v) is 6.10. The van der Waals surface area contributed by atoms with Gasteiger partial charge >= 0.3 is 6.03 Å². The van der Waals surface area contributed by atoms with Gasteiger partial charge in [-0.15, -0.1) is 0 Å². The molecule has 1 saturated heterocycles. The van der Waals surface area contributed by atoms with Crippen LogP contribution in [0.2, 0.25) is 0 Å². The van der Waals surface area contributed by atoms with E-state index in [0.29, 0.717) is 35.3 Å². The molecule has 1 unspecified atom stereocenters. The van der Waals surface area contributed by atoms with Crippen LogP contribution in [0.1, 0.15) is 27.3 Å². The summed E-state index contributed by atoms with van der Waals surface area (Å²) in [6.07, 6.45) is 3.33. The number of carbonyl (C=O) groups is 2. The normalized spacial score (nSPS) is 20.7. The molecule has 2 fully saturated rings. The summed E-state index contributed by atoms with van der Waals surface area (Å²) in [7, 11) is 1.80. The first-order valence-electron chi connectivity index (χ1n) is 8.92. The number of nitrogens with one attached hydrogen (secondary N) is 1. The Labute approximate surface area is 164 Å². The summed E-state index contributed by atoms with van der Waals surface area (Å²) >= 11 is 1.13. The van der Waals surface area contributed by atoms with E-state index in [9.17, 15) is 18.4 Å². The van der Waals surface area contributed by atoms with Gasteiger partial charge in [0.15, 0.2) is 5.13 Å². The molecule has 1 aliphatic carbocycles. The lowest BCUT2D eigenvalue weighted by Gasteiger charge is -2.16. The van der Waals surface area contributed by atoms with Crippen molar-refractivity contribution in [3.63, 3.8) is 0 Å². The molecule has 28 heavy (non-hydrogen) atoms. The lowest BCUT2D eigenvalue weighted by Crippen LogP contribution is -2.33. The number of carbonyl (C=O) groups excluding carboxylic acids is 2. The monoisotopic (exact) mass is 410 g/mol. The minimum Gasteiger partial charge on any atom is -0.347 e. The molecule has 1 saturated carbocycles. The maximum atomic E-state index is 13.1. The van der Waals surface area contributed by atoms with Gasteiger partial charge in [-0.2, -0.15) is 5.10 Å². The average Bonchev–Trinajstić information content (AvgIpc) is 3.04. The van der Waals surface area contributed by atoms with Crippen LogP contribution in [0.15, 0.2) is 12.4 Å². The Morgan fingerprint density at radius 2 is 2.18 bits per heavy atom. The predicted octanol–water partition coefficient (Wildman–Crippen LogP) is 2.01. The topological polar surface area (TPSA) is 83.4 Å². The molecule has 0 bridgehead atoms. The minimum atomic E-state index is -2.65. The van der Waals surface area contributed by atoms with E-state index in [1.165, 1.54) is 9.80 Å². The summed E-state index contributed by atoms with van der Waals surface area (Å²) in [6, 6.07) is -0.334. The van der Waals surface area contributed by atoms with Crippen molar-refractivity contribution in [2.75, 3.05) is 24.5 Å². The summed E-state index contributed by atoms with van der Waals surface area (Å²) < 4.78 is 27.9. The zero-order valence-corrected chi connectivity index (χ0v) is 16.3. The second-order valence-corrected chi connectivity index (χ2v) is 8.14. The second-order valence-electron chi connectivity index (χ2n) is 7.16. The Morgan fingerprint density at radius 3 is 2.82 bits per heavy atom. The van der Waals surface area contributed by atoms with Crippen molar-refractivity contribution in [2.45, 2.75) is 25.8 Å². The number of halogens is 2. The highest BCUT2D eigenvalue weighted by Crippen LogP contribution is 2.49. The van der Waals surface area contributed by atoms with Gasteiger partial charge < -0.3 is 10.2 Å². The van der Waals surface area contributed by atoms with Crippen molar-refractivity contribution in [3.8, 4) is 0 Å². The summed E-state index contributed by atoms with van der Waals surface area (Å²) in [6.45, 7) is 2.87. The molecular weight excluding hydrogens is 390 g/mol. The molecule has 8 nitrogen and oxygen atoms in total. The molecule has 2 aromatic heterocycles. The number of nitrogens with zero attached hydrogens (tertiary/aromatic N) is 5. The Hall–Kier alpha value is -2.56. The highest BCUT2D eigenvalue weighted by atomic mass is 32.1. The minimum absolute atomic E-state index is 0.0607. The van der Waals surface area contributed by atoms with Gasteiger partial charge in [-0.1, -0.05) is 11.3 Å². The fourth-order valence-electron chi connectivity index (χ4n) is 3.20. The molecule has 0 spiro atoms. The Morgan fingerprint density at radius 1 is 1.43 bits per heavy atom. The number of thiazole rings is 1. The molecule has 11 heteroatoms. The largest absolute Gasteiger partial charge is 0.347 e. The van der Waals surface area contributed by atoms with Gasteiger partial charge in [0, 0.05) is 57.3 Å². The number of anilines is 1. The summed E-state index contributed by atoms with van der Waals surface area (Å²) in [5.41, 5.74) is 1.41. The first-order valence-corrected chi connectivity index (χ1v) is 9.73. The van der Waals surface area contributed by atoms with Crippen molar-refractivity contribution < 1.29 is 18.4 Å². The first-order chi connectivity index (χ1) is 13.2. The van der Waals surface area contributed by atoms with Gasteiger partial charge in [-0.3, -0.25) is 14.4 Å². The van der Waals surface area contributed by atoms with Crippen LogP contribution < -0.4 is 10.2 Å². The van der Waals surface area contributed by atoms with Crippen molar-refractivity contribution in [2.24, 2.45) is 13.0 Å². The highest BCUT2D eigenvalue weighted by Gasteiger charge is 2.58. The Bertz CT molecular complexity index is 927. The van der Waals surface area contributed by atoms with E-state index in [1.54, 1.807) is 24.9 Å². The number of alkyl halides is 2. The zero-order valence-electron chi connectivity index (χ0n) is 15.5. The molecule has 0 radical (unpaired) electrons. The molecule has 2 aliphatic rings. The van der Waals surface area contributed by atoms with Crippen LogP contribution in [0.4, 0.5) is 18.7 Å². The third-order valence-electron chi connectivity index (χ3n) is 4.93. The van der Waals surface area contributed by atoms with Crippen LogP contribution in [0.3, 0.4) is 0 Å². The molecule has 3 amide bonds. The quantitative estimate of drug-likeness (QED) is 0.790. The lowest BCUT2D eigenvalue weighted by atomic mass is 10.3. The van der Waals surface area contributed by atoms with E-state index < -0.39 is 11.8 Å². The first kappa shape index (κ1) is 18.8. The fraction of sp³-hybridized carbons (Fsp3) is 0.529. The smallest absolute Gasteiger partial charge is 0.326 e. The van der Waals surface area contributed by atoms with E-state index in [-0.39, 0.29) is 24.9 Å². The number of hydrogen-bond acceptors (Lipinski definition) is 5. The van der Waals surface area contributed by atoms with E-state index in [0.717, 1.165) is 16.9 Å². The van der Waals surface area contributed by atoms with E-state index in [2.05, 4.69) is 15.4 Å². The maximum absolute atomic E-state index is 13.1. The standard InChI is InChI=1S/C17H20F2N6O2S/c1-10-13(14(26)20-6-11-7-21-23(2)8-11)28-15(22-10)25-4-3-24(16(25)27)9-12-5-17(12,18)19/h7-8,12H,3-6,9H2,1-2H3,(H,20,26). The molecular formula is C17H20F2N6O2S. The number of hydrogen-bond donors (Lipinski definition) is 1. The molecule has 150 valence electrons. The number of urea groups is 1. The Balaban J connectivity index is 1.39. The average molecular weight is 410 g/mol. The number of rotatable bonds is 6. The molecule has 4 rings (SSSR count). The van der Waals surface area contributed by atoms with Gasteiger partial charge in [0.2, 0.25) is 0 Å². The SMILES string of the molecule is Cc1nc(N2CCN(CC3CC3(F)F)C2=O)sc1C(=O)NCc1cnn(C)c1. The van der Waals surface area contributed by atoms with Crippen LogP contribution in [0.5, 0.6) is 0 Å². The van der Waals surface area contributed by atoms with Gasteiger partial charge in [0.25, 0.3) is 11.8 Å². The molecule has 0 aromatic carbocycles. The van der Waals surface area contributed by atoms with Gasteiger partial charge in [-0.25, -0.2) is 18.6 Å². The summed E-state index contributed by atoms with van der Waals surface area (Å²) in [5.74, 6) is -3.67. The maximum Gasteiger partial charge on any atom is 0.326 e. The van der Waals surface area contributed by atoms with Crippen LogP contribution in [-0.4, -0.2) is 57.2 Å².